The molecule has 0 saturated carbocycles. The van der Waals surface area contributed by atoms with Gasteiger partial charge in [0, 0.05) is 0 Å². The van der Waals surface area contributed by atoms with Crippen molar-refractivity contribution in [1.29, 1.82) is 0 Å². The molecular formula is C12H17NO. The minimum atomic E-state index is 0.797. The van der Waals surface area contributed by atoms with Crippen molar-refractivity contribution in [2.45, 2.75) is 13.3 Å². The normalized spacial score (nSPS) is 16.4. The fraction of sp³-hybridized carbons (Fsp3) is 0.500. The first kappa shape index (κ1) is 9.53. The van der Waals surface area contributed by atoms with E-state index in [9.17, 15) is 0 Å². The molecule has 0 amide bonds. The Morgan fingerprint density at radius 3 is 2.79 bits per heavy atom. The van der Waals surface area contributed by atoms with Gasteiger partial charge in [-0.1, -0.05) is 17.7 Å². The molecule has 1 aliphatic heterocycles. The third-order valence-corrected chi connectivity index (χ3v) is 2.81. The average Bonchev–Trinajstić information content (AvgIpc) is 2.12. The molecule has 2 nitrogen and oxygen atoms in total. The van der Waals surface area contributed by atoms with Gasteiger partial charge < -0.3 is 10.1 Å². The second-order valence-corrected chi connectivity index (χ2v) is 4.04. The van der Waals surface area contributed by atoms with E-state index in [0.717, 1.165) is 31.2 Å². The summed E-state index contributed by atoms with van der Waals surface area (Å²) in [6.07, 6.45) is 1.14. The molecule has 1 aromatic carbocycles. The van der Waals surface area contributed by atoms with E-state index >= 15 is 0 Å². The van der Waals surface area contributed by atoms with Gasteiger partial charge in [-0.15, -0.1) is 0 Å². The molecule has 76 valence electrons. The van der Waals surface area contributed by atoms with Gasteiger partial charge in [-0.3, -0.25) is 0 Å². The molecule has 0 aromatic heterocycles. The Balaban J connectivity index is 2.15. The Morgan fingerprint density at radius 2 is 2.21 bits per heavy atom. The summed E-state index contributed by atoms with van der Waals surface area (Å²) in [7, 11) is 1.74. The van der Waals surface area contributed by atoms with Crippen LogP contribution in [0.25, 0.3) is 0 Å². The molecule has 1 heterocycles. The van der Waals surface area contributed by atoms with Gasteiger partial charge in [-0.25, -0.2) is 0 Å². The van der Waals surface area contributed by atoms with E-state index in [2.05, 4.69) is 30.4 Å². The van der Waals surface area contributed by atoms with Crippen LogP contribution in [-0.2, 0) is 6.42 Å². The number of hydrogen-bond acceptors (Lipinski definition) is 2. The van der Waals surface area contributed by atoms with Gasteiger partial charge in [0.05, 0.1) is 7.11 Å². The predicted octanol–water partition coefficient (Wildman–Crippen LogP) is 1.77. The molecule has 0 spiro atoms. The highest BCUT2D eigenvalue weighted by molar-refractivity contribution is 5.37. The van der Waals surface area contributed by atoms with Crippen LogP contribution in [0.4, 0.5) is 0 Å². The van der Waals surface area contributed by atoms with Gasteiger partial charge >= 0.3 is 0 Å². The summed E-state index contributed by atoms with van der Waals surface area (Å²) < 4.78 is 5.35. The third kappa shape index (κ3) is 1.90. The Labute approximate surface area is 85.3 Å². The Hall–Kier alpha value is -1.02. The van der Waals surface area contributed by atoms with Crippen molar-refractivity contribution in [3.8, 4) is 5.75 Å². The molecule has 0 atom stereocenters. The molecule has 1 aromatic rings. The van der Waals surface area contributed by atoms with Gasteiger partial charge in [0.2, 0.25) is 0 Å². The van der Waals surface area contributed by atoms with E-state index < -0.39 is 0 Å². The largest absolute Gasteiger partial charge is 0.496 e. The van der Waals surface area contributed by atoms with E-state index in [1.807, 2.05) is 0 Å². The number of rotatable bonds is 3. The topological polar surface area (TPSA) is 21.3 Å². The number of benzene rings is 1. The summed E-state index contributed by atoms with van der Waals surface area (Å²) in [6, 6.07) is 6.40. The summed E-state index contributed by atoms with van der Waals surface area (Å²) in [5.74, 6) is 1.83. The summed E-state index contributed by atoms with van der Waals surface area (Å²) in [5, 5.41) is 3.29. The average molecular weight is 191 g/mol. The molecule has 0 aliphatic carbocycles. The third-order valence-electron chi connectivity index (χ3n) is 2.81. The van der Waals surface area contributed by atoms with Crippen molar-refractivity contribution in [3.05, 3.63) is 29.3 Å². The molecule has 1 fully saturated rings. The van der Waals surface area contributed by atoms with Crippen LogP contribution in [0.2, 0.25) is 0 Å². The highest BCUT2D eigenvalue weighted by atomic mass is 16.5. The minimum Gasteiger partial charge on any atom is -0.496 e. The molecule has 1 aliphatic rings. The summed E-state index contributed by atoms with van der Waals surface area (Å²) in [6.45, 7) is 4.43. The van der Waals surface area contributed by atoms with Crippen LogP contribution < -0.4 is 10.1 Å². The lowest BCUT2D eigenvalue weighted by Gasteiger charge is -2.27. The molecule has 2 heteroatoms. The van der Waals surface area contributed by atoms with E-state index in [4.69, 9.17) is 4.74 Å². The zero-order valence-corrected chi connectivity index (χ0v) is 8.84. The zero-order chi connectivity index (χ0) is 9.97. The van der Waals surface area contributed by atoms with Gasteiger partial charge in [0.15, 0.2) is 0 Å². The van der Waals surface area contributed by atoms with Crippen molar-refractivity contribution < 1.29 is 4.74 Å². The second kappa shape index (κ2) is 4.01. The maximum atomic E-state index is 5.35. The Kier molecular flexibility index (Phi) is 2.73. The number of aryl methyl sites for hydroxylation is 1. The number of methoxy groups -OCH3 is 1. The molecule has 0 bridgehead atoms. The van der Waals surface area contributed by atoms with Crippen LogP contribution in [0.5, 0.6) is 5.75 Å². The number of nitrogens with one attached hydrogen (secondary N) is 1. The predicted molar refractivity (Wildman–Crippen MR) is 57.8 cm³/mol. The van der Waals surface area contributed by atoms with E-state index in [0.29, 0.717) is 0 Å². The fourth-order valence-corrected chi connectivity index (χ4v) is 1.87. The van der Waals surface area contributed by atoms with Crippen LogP contribution in [0.3, 0.4) is 0 Å². The van der Waals surface area contributed by atoms with Crippen molar-refractivity contribution in [3.63, 3.8) is 0 Å². The molecule has 1 N–H and O–H groups in total. The quantitative estimate of drug-likeness (QED) is 0.786. The fourth-order valence-electron chi connectivity index (χ4n) is 1.87. The van der Waals surface area contributed by atoms with Crippen LogP contribution in [0, 0.1) is 12.8 Å². The standard InChI is InChI=1S/C12H17NO/c1-9-3-4-12(14-2)11(5-9)6-10-7-13-8-10/h3-5,10,13H,6-8H2,1-2H3. The summed E-state index contributed by atoms with van der Waals surface area (Å²) in [4.78, 5) is 0. The highest BCUT2D eigenvalue weighted by Gasteiger charge is 2.18. The Bertz CT molecular complexity index is 318. The van der Waals surface area contributed by atoms with Crippen molar-refractivity contribution in [2.75, 3.05) is 20.2 Å². The van der Waals surface area contributed by atoms with Crippen molar-refractivity contribution >= 4 is 0 Å². The van der Waals surface area contributed by atoms with Crippen molar-refractivity contribution in [2.24, 2.45) is 5.92 Å². The lowest BCUT2D eigenvalue weighted by molar-refractivity contribution is 0.338. The highest BCUT2D eigenvalue weighted by Crippen LogP contribution is 2.23. The monoisotopic (exact) mass is 191 g/mol. The number of ether oxygens (including phenoxy) is 1. The van der Waals surface area contributed by atoms with Gasteiger partial charge in [0.1, 0.15) is 5.75 Å². The van der Waals surface area contributed by atoms with E-state index in [1.165, 1.54) is 11.1 Å². The van der Waals surface area contributed by atoms with E-state index in [-0.39, 0.29) is 0 Å². The van der Waals surface area contributed by atoms with Crippen LogP contribution in [0.1, 0.15) is 11.1 Å². The molecule has 14 heavy (non-hydrogen) atoms. The second-order valence-electron chi connectivity index (χ2n) is 4.04. The maximum Gasteiger partial charge on any atom is 0.122 e. The smallest absolute Gasteiger partial charge is 0.122 e. The lowest BCUT2D eigenvalue weighted by atomic mass is 9.93. The summed E-state index contributed by atoms with van der Waals surface area (Å²) >= 11 is 0. The lowest BCUT2D eigenvalue weighted by Crippen LogP contribution is -2.43. The molecule has 0 unspecified atom stereocenters. The zero-order valence-electron chi connectivity index (χ0n) is 8.84. The van der Waals surface area contributed by atoms with Crippen molar-refractivity contribution in [1.82, 2.24) is 5.32 Å². The molecule has 2 rings (SSSR count). The first-order chi connectivity index (χ1) is 6.79. The van der Waals surface area contributed by atoms with Gasteiger partial charge in [-0.05, 0) is 44.0 Å². The van der Waals surface area contributed by atoms with Gasteiger partial charge in [0.25, 0.3) is 0 Å². The SMILES string of the molecule is COc1ccc(C)cc1CC1CNC1. The van der Waals surface area contributed by atoms with Crippen LogP contribution in [-0.4, -0.2) is 20.2 Å². The minimum absolute atomic E-state index is 0.797. The summed E-state index contributed by atoms with van der Waals surface area (Å²) in [5.41, 5.74) is 2.66. The van der Waals surface area contributed by atoms with E-state index in [1.54, 1.807) is 7.11 Å². The molecule has 0 radical (unpaired) electrons. The first-order valence-corrected chi connectivity index (χ1v) is 5.14. The maximum absolute atomic E-state index is 5.35. The first-order valence-electron chi connectivity index (χ1n) is 5.14. The Morgan fingerprint density at radius 1 is 1.43 bits per heavy atom. The number of hydrogen-bond donors (Lipinski definition) is 1. The van der Waals surface area contributed by atoms with Crippen LogP contribution in [0.15, 0.2) is 18.2 Å². The van der Waals surface area contributed by atoms with Crippen LogP contribution >= 0.6 is 0 Å². The molecular weight excluding hydrogens is 174 g/mol. The van der Waals surface area contributed by atoms with Gasteiger partial charge in [-0.2, -0.15) is 0 Å². The molecule has 1 saturated heterocycles.